The number of carbonyl (C=O) groups excluding carboxylic acids is 1. The predicted octanol–water partition coefficient (Wildman–Crippen LogP) is 2.03. The van der Waals surface area contributed by atoms with E-state index in [9.17, 15) is 26.4 Å². The van der Waals surface area contributed by atoms with Crippen molar-refractivity contribution >= 4 is 15.7 Å². The Morgan fingerprint density at radius 3 is 2.27 bits per heavy atom. The number of pyridine rings is 1. The lowest BCUT2D eigenvalue weighted by atomic mass is 10.1. The van der Waals surface area contributed by atoms with E-state index in [1.54, 1.807) is 6.92 Å². The van der Waals surface area contributed by atoms with Crippen LogP contribution < -0.4 is 5.32 Å². The third-order valence-corrected chi connectivity index (χ3v) is 4.61. The molecule has 0 saturated carbocycles. The van der Waals surface area contributed by atoms with Crippen molar-refractivity contribution in [1.82, 2.24) is 10.3 Å². The zero-order valence-electron chi connectivity index (χ0n) is 12.3. The molecule has 22 heavy (non-hydrogen) atoms. The summed E-state index contributed by atoms with van der Waals surface area (Å²) in [6.07, 6.45) is -4.17. The minimum Gasteiger partial charge on any atom is -0.353 e. The fraction of sp³-hybridized carbons (Fsp3) is 0.538. The van der Waals surface area contributed by atoms with Crippen LogP contribution in [0, 0.1) is 5.92 Å². The number of hydrogen-bond donors (Lipinski definition) is 1. The number of aromatic nitrogens is 1. The fourth-order valence-electron chi connectivity index (χ4n) is 1.44. The van der Waals surface area contributed by atoms with Crippen molar-refractivity contribution in [3.8, 4) is 0 Å². The fourth-order valence-corrected chi connectivity index (χ4v) is 2.51. The maximum Gasteiger partial charge on any atom is 0.417 e. The second kappa shape index (κ2) is 6.64. The van der Waals surface area contributed by atoms with Gasteiger partial charge in [0.2, 0.25) is 15.7 Å². The van der Waals surface area contributed by atoms with Crippen LogP contribution in [0.2, 0.25) is 0 Å². The van der Waals surface area contributed by atoms with Crippen LogP contribution in [0.5, 0.6) is 0 Å². The second-order valence-electron chi connectivity index (χ2n) is 5.24. The molecule has 1 amide bonds. The number of amides is 1. The largest absolute Gasteiger partial charge is 0.417 e. The summed E-state index contributed by atoms with van der Waals surface area (Å²) >= 11 is 0. The summed E-state index contributed by atoms with van der Waals surface area (Å²) in [7, 11) is -4.08. The van der Waals surface area contributed by atoms with Crippen LogP contribution in [0.25, 0.3) is 0 Å². The number of hydrogen-bond acceptors (Lipinski definition) is 4. The molecule has 0 aliphatic rings. The Morgan fingerprint density at radius 1 is 1.27 bits per heavy atom. The van der Waals surface area contributed by atoms with Crippen LogP contribution in [0.1, 0.15) is 26.3 Å². The summed E-state index contributed by atoms with van der Waals surface area (Å²) in [6, 6.07) is 1.15. The topological polar surface area (TPSA) is 76.1 Å². The third-order valence-electron chi connectivity index (χ3n) is 3.09. The van der Waals surface area contributed by atoms with Gasteiger partial charge >= 0.3 is 6.18 Å². The van der Waals surface area contributed by atoms with Gasteiger partial charge in [0, 0.05) is 12.2 Å². The molecule has 9 heteroatoms. The number of rotatable bonds is 5. The first-order chi connectivity index (χ1) is 9.93. The highest BCUT2D eigenvalue weighted by Crippen LogP contribution is 2.28. The average molecular weight is 338 g/mol. The van der Waals surface area contributed by atoms with Crippen LogP contribution in [0.15, 0.2) is 23.4 Å². The Bertz CT molecular complexity index is 625. The highest BCUT2D eigenvalue weighted by molar-refractivity contribution is 7.92. The average Bonchev–Trinajstić information content (AvgIpc) is 2.36. The normalized spacial score (nSPS) is 14.0. The number of sulfone groups is 1. The van der Waals surface area contributed by atoms with Gasteiger partial charge in [-0.2, -0.15) is 13.2 Å². The molecule has 1 rings (SSSR count). The quantitative estimate of drug-likeness (QED) is 0.891. The molecule has 0 aromatic carbocycles. The maximum absolute atomic E-state index is 12.4. The van der Waals surface area contributed by atoms with Crippen LogP contribution >= 0.6 is 0 Å². The molecule has 1 N–H and O–H groups in total. The van der Waals surface area contributed by atoms with Crippen molar-refractivity contribution in [2.24, 2.45) is 5.92 Å². The summed E-state index contributed by atoms with van der Waals surface area (Å²) in [5.41, 5.74) is -1.05. The lowest BCUT2D eigenvalue weighted by molar-refractivity contribution is -0.137. The van der Waals surface area contributed by atoms with Crippen LogP contribution in [-0.4, -0.2) is 31.1 Å². The smallest absolute Gasteiger partial charge is 0.353 e. The van der Waals surface area contributed by atoms with Gasteiger partial charge in [-0.05, 0) is 25.0 Å². The summed E-state index contributed by atoms with van der Waals surface area (Å²) < 4.78 is 61.1. The van der Waals surface area contributed by atoms with Crippen molar-refractivity contribution in [1.29, 1.82) is 0 Å². The molecule has 1 heterocycles. The Balaban J connectivity index is 2.85. The van der Waals surface area contributed by atoms with Gasteiger partial charge in [-0.25, -0.2) is 13.4 Å². The molecule has 5 nitrogen and oxygen atoms in total. The van der Waals surface area contributed by atoms with E-state index >= 15 is 0 Å². The highest BCUT2D eigenvalue weighted by Gasteiger charge is 2.31. The lowest BCUT2D eigenvalue weighted by Gasteiger charge is -2.17. The zero-order chi connectivity index (χ0) is 17.1. The first-order valence-corrected chi connectivity index (χ1v) is 8.14. The van der Waals surface area contributed by atoms with Gasteiger partial charge in [-0.1, -0.05) is 13.8 Å². The predicted molar refractivity (Wildman–Crippen MR) is 73.7 cm³/mol. The highest BCUT2D eigenvalue weighted by atomic mass is 32.2. The second-order valence-corrected chi connectivity index (χ2v) is 7.18. The van der Waals surface area contributed by atoms with Crippen molar-refractivity contribution < 1.29 is 26.4 Å². The molecule has 124 valence electrons. The molecule has 1 aromatic rings. The van der Waals surface area contributed by atoms with Crippen LogP contribution in [-0.2, 0) is 20.8 Å². The van der Waals surface area contributed by atoms with E-state index in [1.807, 2.05) is 13.8 Å². The van der Waals surface area contributed by atoms with E-state index in [1.165, 1.54) is 0 Å². The molecule has 1 aromatic heterocycles. The monoisotopic (exact) mass is 338 g/mol. The Kier molecular flexibility index (Phi) is 5.55. The molecule has 0 saturated heterocycles. The molecular formula is C13H17F3N2O3S. The Hall–Kier alpha value is -1.64. The molecule has 0 bridgehead atoms. The summed E-state index contributed by atoms with van der Waals surface area (Å²) in [5.74, 6) is -1.46. The first kappa shape index (κ1) is 18.4. The lowest BCUT2D eigenvalue weighted by Crippen LogP contribution is -2.39. The van der Waals surface area contributed by atoms with E-state index in [4.69, 9.17) is 0 Å². The summed E-state index contributed by atoms with van der Waals surface area (Å²) in [5, 5.41) is 1.95. The van der Waals surface area contributed by atoms with Crippen molar-refractivity contribution in [3.63, 3.8) is 0 Å². The SMILES string of the molecule is CC(C)[C@@H](C)NC(=O)CS(=O)(=O)c1ccc(C(F)(F)F)cn1. The van der Waals surface area contributed by atoms with E-state index in [0.29, 0.717) is 12.3 Å². The van der Waals surface area contributed by atoms with Gasteiger partial charge in [0.25, 0.3) is 0 Å². The number of nitrogens with one attached hydrogen (secondary N) is 1. The van der Waals surface area contributed by atoms with Gasteiger partial charge in [-0.3, -0.25) is 4.79 Å². The number of carbonyl (C=O) groups is 1. The molecule has 0 aliphatic heterocycles. The van der Waals surface area contributed by atoms with Crippen LogP contribution in [0.3, 0.4) is 0 Å². The number of alkyl halides is 3. The van der Waals surface area contributed by atoms with E-state index in [2.05, 4.69) is 10.3 Å². The summed E-state index contributed by atoms with van der Waals surface area (Å²) in [6.45, 7) is 5.44. The molecule has 0 aliphatic carbocycles. The molecule has 0 unspecified atom stereocenters. The minimum absolute atomic E-state index is 0.121. The first-order valence-electron chi connectivity index (χ1n) is 6.49. The van der Waals surface area contributed by atoms with E-state index < -0.39 is 38.3 Å². The van der Waals surface area contributed by atoms with Gasteiger partial charge in [-0.15, -0.1) is 0 Å². The van der Waals surface area contributed by atoms with Gasteiger partial charge in [0.05, 0.1) is 5.56 Å². The third kappa shape index (κ3) is 4.97. The standard InChI is InChI=1S/C13H17F3N2O3S/c1-8(2)9(3)18-11(19)7-22(20,21)12-5-4-10(6-17-12)13(14,15)16/h4-6,8-9H,7H2,1-3H3,(H,18,19)/t9-/m1/s1. The van der Waals surface area contributed by atoms with Crippen LogP contribution in [0.4, 0.5) is 13.2 Å². The Morgan fingerprint density at radius 2 is 1.86 bits per heavy atom. The molecule has 0 radical (unpaired) electrons. The van der Waals surface area contributed by atoms with Gasteiger partial charge in [0.1, 0.15) is 5.75 Å². The molecule has 1 atom stereocenters. The molecule has 0 fully saturated rings. The minimum atomic E-state index is -4.60. The van der Waals surface area contributed by atoms with E-state index in [0.717, 1.165) is 6.07 Å². The molecule has 0 spiro atoms. The zero-order valence-corrected chi connectivity index (χ0v) is 13.1. The number of halogens is 3. The van der Waals surface area contributed by atoms with E-state index in [-0.39, 0.29) is 12.0 Å². The van der Waals surface area contributed by atoms with Gasteiger partial charge in [0.15, 0.2) is 5.03 Å². The Labute approximate surface area is 126 Å². The summed E-state index contributed by atoms with van der Waals surface area (Å²) in [4.78, 5) is 15.0. The van der Waals surface area contributed by atoms with Crippen molar-refractivity contribution in [2.45, 2.75) is 38.0 Å². The maximum atomic E-state index is 12.4. The van der Waals surface area contributed by atoms with Crippen molar-refractivity contribution in [2.75, 3.05) is 5.75 Å². The molecular weight excluding hydrogens is 321 g/mol. The number of nitrogens with zero attached hydrogens (tertiary/aromatic N) is 1. The van der Waals surface area contributed by atoms with Crippen molar-refractivity contribution in [3.05, 3.63) is 23.9 Å². The van der Waals surface area contributed by atoms with Gasteiger partial charge < -0.3 is 5.32 Å².